The van der Waals surface area contributed by atoms with E-state index in [0.29, 0.717) is 24.4 Å². The van der Waals surface area contributed by atoms with Crippen molar-refractivity contribution in [3.63, 3.8) is 0 Å². The van der Waals surface area contributed by atoms with Crippen molar-refractivity contribution in [2.45, 2.75) is 59.0 Å². The number of amides is 2. The van der Waals surface area contributed by atoms with Crippen LogP contribution in [0.5, 0.6) is 5.75 Å². The van der Waals surface area contributed by atoms with Crippen LogP contribution in [0.15, 0.2) is 48.5 Å². The number of carbonyl (C=O) groups excluding carboxylic acids is 2. The molecule has 0 saturated heterocycles. The number of carbonyl (C=O) groups is 2. The van der Waals surface area contributed by atoms with Gasteiger partial charge in [0, 0.05) is 26.1 Å². The van der Waals surface area contributed by atoms with Crippen LogP contribution >= 0.6 is 0 Å². The molecule has 1 N–H and O–H groups in total. The van der Waals surface area contributed by atoms with E-state index in [1.807, 2.05) is 56.3 Å². The Bertz CT molecular complexity index is 1100. The van der Waals surface area contributed by atoms with E-state index in [-0.39, 0.29) is 31.3 Å². The molecule has 9 heteroatoms. The van der Waals surface area contributed by atoms with Crippen LogP contribution in [-0.2, 0) is 26.2 Å². The number of unbranched alkanes of at least 4 members (excludes halogenated alkanes) is 1. The van der Waals surface area contributed by atoms with E-state index in [2.05, 4.69) is 5.32 Å². The van der Waals surface area contributed by atoms with Gasteiger partial charge in [0.05, 0.1) is 19.1 Å². The minimum absolute atomic E-state index is 0.112. The van der Waals surface area contributed by atoms with Crippen molar-refractivity contribution in [3.05, 3.63) is 59.7 Å². The van der Waals surface area contributed by atoms with Crippen molar-refractivity contribution in [1.29, 1.82) is 0 Å². The highest BCUT2D eigenvalue weighted by atomic mass is 32.2. The monoisotopic (exact) mass is 517 g/mol. The Kier molecular flexibility index (Phi) is 11.2. The number of aryl methyl sites for hydroxylation is 1. The highest BCUT2D eigenvalue weighted by molar-refractivity contribution is 7.92. The first-order chi connectivity index (χ1) is 17.1. The Morgan fingerprint density at radius 1 is 1.08 bits per heavy atom. The Balaban J connectivity index is 2.15. The quantitative estimate of drug-likeness (QED) is 0.384. The van der Waals surface area contributed by atoms with Crippen molar-refractivity contribution in [1.82, 2.24) is 10.2 Å². The predicted molar refractivity (Wildman–Crippen MR) is 144 cm³/mol. The smallest absolute Gasteiger partial charge is 0.242 e. The summed E-state index contributed by atoms with van der Waals surface area (Å²) in [6.45, 7) is 6.66. The molecule has 0 saturated carbocycles. The van der Waals surface area contributed by atoms with Crippen molar-refractivity contribution in [3.8, 4) is 5.75 Å². The first kappa shape index (κ1) is 29.2. The number of nitrogens with one attached hydrogen (secondary N) is 1. The zero-order chi connectivity index (χ0) is 26.7. The second-order valence-corrected chi connectivity index (χ2v) is 10.9. The number of anilines is 1. The van der Waals surface area contributed by atoms with Crippen molar-refractivity contribution >= 4 is 27.5 Å². The van der Waals surface area contributed by atoms with Gasteiger partial charge in [-0.05, 0) is 62.1 Å². The molecule has 0 bridgehead atoms. The summed E-state index contributed by atoms with van der Waals surface area (Å²) >= 11 is 0. The molecule has 36 heavy (non-hydrogen) atoms. The lowest BCUT2D eigenvalue weighted by Gasteiger charge is -2.29. The van der Waals surface area contributed by atoms with Gasteiger partial charge in [-0.2, -0.15) is 0 Å². The van der Waals surface area contributed by atoms with Gasteiger partial charge in [-0.15, -0.1) is 0 Å². The number of methoxy groups -OCH3 is 1. The molecule has 2 aromatic carbocycles. The number of ether oxygens (including phenoxy) is 1. The van der Waals surface area contributed by atoms with Gasteiger partial charge < -0.3 is 15.0 Å². The van der Waals surface area contributed by atoms with Gasteiger partial charge in [-0.25, -0.2) is 8.42 Å². The van der Waals surface area contributed by atoms with Crippen LogP contribution in [0.4, 0.5) is 5.69 Å². The maximum atomic E-state index is 13.3. The fourth-order valence-electron chi connectivity index (χ4n) is 3.83. The van der Waals surface area contributed by atoms with Gasteiger partial charge in [0.2, 0.25) is 21.8 Å². The van der Waals surface area contributed by atoms with Crippen LogP contribution < -0.4 is 14.4 Å². The minimum Gasteiger partial charge on any atom is -0.497 e. The molecule has 0 aliphatic heterocycles. The van der Waals surface area contributed by atoms with E-state index in [4.69, 9.17) is 4.74 Å². The number of benzene rings is 2. The molecule has 0 aromatic heterocycles. The summed E-state index contributed by atoms with van der Waals surface area (Å²) in [6.07, 6.45) is 3.42. The SMILES string of the molecule is CCCCNC(=O)C(C)N(Cc1ccc(OC)cc1)C(=O)CCCN(c1cccc(C)c1)S(C)(=O)=O. The average molecular weight is 518 g/mol. The number of hydrogen-bond acceptors (Lipinski definition) is 5. The molecule has 2 rings (SSSR count). The Labute approximate surface area is 215 Å². The molecule has 1 unspecified atom stereocenters. The first-order valence-corrected chi connectivity index (χ1v) is 14.2. The third kappa shape index (κ3) is 8.86. The van der Waals surface area contributed by atoms with Crippen LogP contribution in [0.25, 0.3) is 0 Å². The van der Waals surface area contributed by atoms with Gasteiger partial charge in [-0.3, -0.25) is 13.9 Å². The fourth-order valence-corrected chi connectivity index (χ4v) is 4.79. The van der Waals surface area contributed by atoms with E-state index in [9.17, 15) is 18.0 Å². The Hall–Kier alpha value is -3.07. The van der Waals surface area contributed by atoms with Crippen molar-refractivity contribution < 1.29 is 22.7 Å². The van der Waals surface area contributed by atoms with Gasteiger partial charge in [0.15, 0.2) is 0 Å². The van der Waals surface area contributed by atoms with Gasteiger partial charge in [0.25, 0.3) is 0 Å². The molecule has 1 atom stereocenters. The number of rotatable bonds is 14. The summed E-state index contributed by atoms with van der Waals surface area (Å²) in [4.78, 5) is 27.7. The van der Waals surface area contributed by atoms with Crippen LogP contribution in [0.1, 0.15) is 50.7 Å². The lowest BCUT2D eigenvalue weighted by molar-refractivity contribution is -0.140. The maximum Gasteiger partial charge on any atom is 0.242 e. The molecule has 0 aliphatic carbocycles. The number of sulfonamides is 1. The van der Waals surface area contributed by atoms with E-state index >= 15 is 0 Å². The molecule has 0 spiro atoms. The van der Waals surface area contributed by atoms with E-state index in [1.54, 1.807) is 25.0 Å². The third-order valence-electron chi connectivity index (χ3n) is 5.95. The standard InChI is InChI=1S/C27H39N3O5S/c1-6-7-17-28-27(32)22(3)29(20-23-13-15-25(35-4)16-14-23)26(31)12-9-18-30(36(5,33)34)24-11-8-10-21(2)19-24/h8,10-11,13-16,19,22H,6-7,9,12,17-18,20H2,1-5H3,(H,28,32). The molecule has 0 heterocycles. The maximum absolute atomic E-state index is 13.3. The van der Waals surface area contributed by atoms with Gasteiger partial charge in [-0.1, -0.05) is 37.6 Å². The van der Waals surface area contributed by atoms with Gasteiger partial charge in [0.1, 0.15) is 11.8 Å². The lowest BCUT2D eigenvalue weighted by atomic mass is 10.1. The molecule has 2 amide bonds. The molecule has 2 aromatic rings. The summed E-state index contributed by atoms with van der Waals surface area (Å²) < 4.78 is 31.4. The van der Waals surface area contributed by atoms with E-state index in [1.165, 1.54) is 4.31 Å². The zero-order valence-electron chi connectivity index (χ0n) is 22.0. The summed E-state index contributed by atoms with van der Waals surface area (Å²) in [5.74, 6) is 0.295. The fraction of sp³-hybridized carbons (Fsp3) is 0.481. The van der Waals surface area contributed by atoms with Gasteiger partial charge >= 0.3 is 0 Å². The highest BCUT2D eigenvalue weighted by Crippen LogP contribution is 2.21. The second kappa shape index (κ2) is 13.9. The molecule has 0 radical (unpaired) electrons. The Morgan fingerprint density at radius 2 is 1.78 bits per heavy atom. The van der Waals surface area contributed by atoms with E-state index in [0.717, 1.165) is 30.2 Å². The van der Waals surface area contributed by atoms with Crippen LogP contribution in [0.3, 0.4) is 0 Å². The molecule has 198 valence electrons. The van der Waals surface area contributed by atoms with Crippen LogP contribution in [0.2, 0.25) is 0 Å². The number of nitrogens with zero attached hydrogens (tertiary/aromatic N) is 2. The van der Waals surface area contributed by atoms with Crippen molar-refractivity contribution in [2.24, 2.45) is 0 Å². The summed E-state index contributed by atoms with van der Waals surface area (Å²) in [6, 6.07) is 14.0. The van der Waals surface area contributed by atoms with E-state index < -0.39 is 16.1 Å². The topological polar surface area (TPSA) is 96.0 Å². The summed E-state index contributed by atoms with van der Waals surface area (Å²) in [5.41, 5.74) is 2.39. The molecular formula is C27H39N3O5S. The molecule has 8 nitrogen and oxygen atoms in total. The van der Waals surface area contributed by atoms with Crippen LogP contribution in [0, 0.1) is 6.92 Å². The van der Waals surface area contributed by atoms with Crippen LogP contribution in [-0.4, -0.2) is 57.6 Å². The summed E-state index contributed by atoms with van der Waals surface area (Å²) in [7, 11) is -1.93. The third-order valence-corrected chi connectivity index (χ3v) is 7.14. The zero-order valence-corrected chi connectivity index (χ0v) is 22.8. The largest absolute Gasteiger partial charge is 0.497 e. The molecule has 0 aliphatic rings. The van der Waals surface area contributed by atoms with Crippen molar-refractivity contribution in [2.75, 3.05) is 30.8 Å². The highest BCUT2D eigenvalue weighted by Gasteiger charge is 2.26. The summed E-state index contributed by atoms with van der Waals surface area (Å²) in [5, 5.41) is 2.90. The second-order valence-electron chi connectivity index (χ2n) is 8.97. The average Bonchev–Trinajstić information content (AvgIpc) is 2.84. The molecular weight excluding hydrogens is 478 g/mol. The minimum atomic E-state index is -3.52. The normalized spacial score (nSPS) is 12.0. The molecule has 0 fully saturated rings. The predicted octanol–water partition coefficient (Wildman–Crippen LogP) is 3.88. The lowest BCUT2D eigenvalue weighted by Crippen LogP contribution is -2.47. The number of hydrogen-bond donors (Lipinski definition) is 1. The Morgan fingerprint density at radius 3 is 2.36 bits per heavy atom. The first-order valence-electron chi connectivity index (χ1n) is 12.3.